The SMILES string of the molecule is CC(=O)CCc1ccccc1.CCCCc1ccccc1.CCCOc1ccc(C(C)(C)CC(C)(C)C)cc1. The van der Waals surface area contributed by atoms with Gasteiger partial charge in [0, 0.05) is 6.42 Å². The number of hydrogen-bond donors (Lipinski definition) is 0. The van der Waals surface area contributed by atoms with E-state index >= 15 is 0 Å². The minimum atomic E-state index is 0.210. The minimum Gasteiger partial charge on any atom is -0.494 e. The molecule has 0 saturated carbocycles. The van der Waals surface area contributed by atoms with Crippen LogP contribution in [-0.2, 0) is 23.1 Å². The zero-order chi connectivity index (χ0) is 29.2. The molecule has 214 valence electrons. The third-order valence-corrected chi connectivity index (χ3v) is 6.35. The van der Waals surface area contributed by atoms with Crippen LogP contribution in [0.4, 0.5) is 0 Å². The summed E-state index contributed by atoms with van der Waals surface area (Å²) in [6.45, 7) is 18.3. The summed E-state index contributed by atoms with van der Waals surface area (Å²) in [5, 5.41) is 0. The first-order chi connectivity index (χ1) is 18.5. The van der Waals surface area contributed by atoms with E-state index in [-0.39, 0.29) is 11.2 Å². The molecule has 0 aliphatic heterocycles. The molecule has 0 aromatic heterocycles. The molecule has 0 N–H and O–H groups in total. The monoisotopic (exact) mass is 530 g/mol. The molecule has 3 aromatic carbocycles. The van der Waals surface area contributed by atoms with Gasteiger partial charge in [0.2, 0.25) is 0 Å². The average molecular weight is 531 g/mol. The van der Waals surface area contributed by atoms with Gasteiger partial charge >= 0.3 is 0 Å². The van der Waals surface area contributed by atoms with E-state index in [0.29, 0.717) is 11.8 Å². The average Bonchev–Trinajstić information content (AvgIpc) is 2.90. The highest BCUT2D eigenvalue weighted by Gasteiger charge is 2.27. The van der Waals surface area contributed by atoms with E-state index in [9.17, 15) is 4.79 Å². The van der Waals surface area contributed by atoms with Gasteiger partial charge in [-0.25, -0.2) is 0 Å². The largest absolute Gasteiger partial charge is 0.494 e. The predicted molar refractivity (Wildman–Crippen MR) is 170 cm³/mol. The zero-order valence-electron chi connectivity index (χ0n) is 26.1. The highest BCUT2D eigenvalue weighted by atomic mass is 16.5. The molecule has 0 fully saturated rings. The molecule has 0 heterocycles. The lowest BCUT2D eigenvalue weighted by Gasteiger charge is -2.33. The molecule has 0 amide bonds. The van der Waals surface area contributed by atoms with E-state index in [1.54, 1.807) is 6.92 Å². The molecular weight excluding hydrogens is 476 g/mol. The number of carbonyl (C=O) groups is 1. The van der Waals surface area contributed by atoms with Crippen molar-refractivity contribution in [3.63, 3.8) is 0 Å². The molecule has 0 unspecified atom stereocenters. The van der Waals surface area contributed by atoms with E-state index in [2.05, 4.69) is 103 Å². The molecular formula is C37H54O2. The molecule has 0 atom stereocenters. The summed E-state index contributed by atoms with van der Waals surface area (Å²) >= 11 is 0. The number of unbranched alkanes of at least 4 members (excludes halogenated alkanes) is 1. The Kier molecular flexibility index (Phi) is 16.1. The summed E-state index contributed by atoms with van der Waals surface area (Å²) in [5.74, 6) is 1.24. The Labute approximate surface area is 240 Å². The summed E-state index contributed by atoms with van der Waals surface area (Å²) in [5.41, 5.74) is 4.65. The van der Waals surface area contributed by atoms with Crippen LogP contribution in [0.25, 0.3) is 0 Å². The van der Waals surface area contributed by atoms with E-state index in [0.717, 1.165) is 25.2 Å². The fourth-order valence-corrected chi connectivity index (χ4v) is 4.64. The van der Waals surface area contributed by atoms with Crippen molar-refractivity contribution < 1.29 is 9.53 Å². The summed E-state index contributed by atoms with van der Waals surface area (Å²) in [6.07, 6.45) is 7.59. The maximum Gasteiger partial charge on any atom is 0.130 e. The van der Waals surface area contributed by atoms with Crippen LogP contribution in [0.5, 0.6) is 5.75 Å². The first-order valence-electron chi connectivity index (χ1n) is 14.8. The number of hydrogen-bond acceptors (Lipinski definition) is 2. The first-order valence-corrected chi connectivity index (χ1v) is 14.8. The van der Waals surface area contributed by atoms with Crippen LogP contribution in [-0.4, -0.2) is 12.4 Å². The van der Waals surface area contributed by atoms with Gasteiger partial charge in [0.25, 0.3) is 0 Å². The first kappa shape index (κ1) is 34.2. The van der Waals surface area contributed by atoms with Gasteiger partial charge in [0.1, 0.15) is 11.5 Å². The second kappa shape index (κ2) is 18.4. The van der Waals surface area contributed by atoms with E-state index in [1.807, 2.05) is 30.3 Å². The van der Waals surface area contributed by atoms with Crippen LogP contribution in [0.15, 0.2) is 84.9 Å². The molecule has 0 bridgehead atoms. The van der Waals surface area contributed by atoms with Gasteiger partial charge in [-0.2, -0.15) is 0 Å². The number of rotatable bonds is 11. The van der Waals surface area contributed by atoms with Crippen LogP contribution in [0.2, 0.25) is 0 Å². The molecule has 0 aliphatic carbocycles. The quantitative estimate of drug-likeness (QED) is 0.246. The summed E-state index contributed by atoms with van der Waals surface area (Å²) < 4.78 is 5.62. The Balaban J connectivity index is 0.000000311. The molecule has 0 saturated heterocycles. The Bertz CT molecular complexity index is 1010. The fraction of sp³-hybridized carbons (Fsp3) is 0.486. The molecule has 39 heavy (non-hydrogen) atoms. The topological polar surface area (TPSA) is 26.3 Å². The van der Waals surface area contributed by atoms with Crippen molar-refractivity contribution in [1.29, 1.82) is 0 Å². The van der Waals surface area contributed by atoms with Crippen molar-refractivity contribution in [3.05, 3.63) is 102 Å². The Morgan fingerprint density at radius 3 is 1.64 bits per heavy atom. The summed E-state index contributed by atoms with van der Waals surface area (Å²) in [4.78, 5) is 10.6. The van der Waals surface area contributed by atoms with Crippen LogP contribution in [0, 0.1) is 5.41 Å². The Morgan fingerprint density at radius 1 is 0.692 bits per heavy atom. The van der Waals surface area contributed by atoms with Gasteiger partial charge in [0.15, 0.2) is 0 Å². The fourth-order valence-electron chi connectivity index (χ4n) is 4.64. The molecule has 0 spiro atoms. The lowest BCUT2D eigenvalue weighted by Crippen LogP contribution is -2.24. The van der Waals surface area contributed by atoms with Crippen molar-refractivity contribution in [3.8, 4) is 5.75 Å². The number of ether oxygens (including phenoxy) is 1. The molecule has 2 heteroatoms. The molecule has 2 nitrogen and oxygen atoms in total. The number of aryl methyl sites for hydroxylation is 2. The van der Waals surface area contributed by atoms with E-state index in [4.69, 9.17) is 4.74 Å². The number of ketones is 1. The maximum atomic E-state index is 10.6. The van der Waals surface area contributed by atoms with Crippen LogP contribution in [0.1, 0.15) is 104 Å². The highest BCUT2D eigenvalue weighted by molar-refractivity contribution is 5.75. The maximum absolute atomic E-state index is 10.6. The highest BCUT2D eigenvalue weighted by Crippen LogP contribution is 2.36. The lowest BCUT2D eigenvalue weighted by atomic mass is 9.72. The van der Waals surface area contributed by atoms with Crippen molar-refractivity contribution in [1.82, 2.24) is 0 Å². The third kappa shape index (κ3) is 16.6. The Hall–Kier alpha value is -2.87. The summed E-state index contributed by atoms with van der Waals surface area (Å²) in [7, 11) is 0. The van der Waals surface area contributed by atoms with Crippen LogP contribution >= 0.6 is 0 Å². The van der Waals surface area contributed by atoms with Crippen LogP contribution < -0.4 is 4.74 Å². The number of benzene rings is 3. The van der Waals surface area contributed by atoms with Gasteiger partial charge in [-0.15, -0.1) is 0 Å². The van der Waals surface area contributed by atoms with Gasteiger partial charge in [0.05, 0.1) is 6.61 Å². The van der Waals surface area contributed by atoms with Gasteiger partial charge in [-0.3, -0.25) is 0 Å². The van der Waals surface area contributed by atoms with Crippen molar-refractivity contribution in [2.45, 2.75) is 106 Å². The number of carbonyl (C=O) groups excluding carboxylic acids is 1. The second-order valence-corrected chi connectivity index (χ2v) is 12.3. The molecule has 0 radical (unpaired) electrons. The summed E-state index contributed by atoms with van der Waals surface area (Å²) in [6, 6.07) is 29.3. The minimum absolute atomic E-state index is 0.210. The van der Waals surface area contributed by atoms with Crippen LogP contribution in [0.3, 0.4) is 0 Å². The van der Waals surface area contributed by atoms with Gasteiger partial charge in [-0.1, -0.05) is 128 Å². The van der Waals surface area contributed by atoms with E-state index < -0.39 is 0 Å². The lowest BCUT2D eigenvalue weighted by molar-refractivity contribution is -0.116. The smallest absolute Gasteiger partial charge is 0.130 e. The van der Waals surface area contributed by atoms with Gasteiger partial charge in [-0.05, 0) is 78.7 Å². The second-order valence-electron chi connectivity index (χ2n) is 12.3. The van der Waals surface area contributed by atoms with Crippen molar-refractivity contribution in [2.24, 2.45) is 5.41 Å². The zero-order valence-corrected chi connectivity index (χ0v) is 26.1. The third-order valence-electron chi connectivity index (χ3n) is 6.35. The molecule has 3 aromatic rings. The standard InChI is InChI=1S/C17H28O.C10H12O.C10H14/c1-7-12-18-15-10-8-14(9-11-15)17(5,6)13-16(2,3)4;1-9(11)7-8-10-5-3-2-4-6-10;1-2-3-7-10-8-5-4-6-9-10/h8-11H,7,12-13H2,1-6H3;2-6H,7-8H2,1H3;4-6,8-9H,2-3,7H2,1H3. The molecule has 3 rings (SSSR count). The van der Waals surface area contributed by atoms with E-state index in [1.165, 1.54) is 42.4 Å². The molecule has 0 aliphatic rings. The van der Waals surface area contributed by atoms with Crippen molar-refractivity contribution in [2.75, 3.05) is 6.61 Å². The Morgan fingerprint density at radius 2 is 1.21 bits per heavy atom. The van der Waals surface area contributed by atoms with Gasteiger partial charge < -0.3 is 9.53 Å². The normalized spacial score (nSPS) is 11.0. The van der Waals surface area contributed by atoms with Crippen molar-refractivity contribution >= 4 is 5.78 Å². The number of Topliss-reactive ketones (excluding diaryl/α,β-unsaturated/α-hetero) is 1. The predicted octanol–water partition coefficient (Wildman–Crippen LogP) is 10.4.